The third kappa shape index (κ3) is 49.0. The summed E-state index contributed by atoms with van der Waals surface area (Å²) in [7, 11) is 1.67. The number of carboxylic acid groups (broad SMARTS) is 2. The van der Waals surface area contributed by atoms with Gasteiger partial charge in [0.25, 0.3) is 0 Å². The van der Waals surface area contributed by atoms with Crippen LogP contribution in [0.5, 0.6) is 0 Å². The molecular weight excluding hydrogens is 1350 g/mol. The van der Waals surface area contributed by atoms with E-state index in [1.807, 2.05) is 58.3 Å². The van der Waals surface area contributed by atoms with Crippen molar-refractivity contribution in [3.63, 3.8) is 0 Å². The molecule has 0 aliphatic carbocycles. The number of hydrogen-bond acceptors (Lipinski definition) is 13. The van der Waals surface area contributed by atoms with Crippen LogP contribution in [0.3, 0.4) is 0 Å². The summed E-state index contributed by atoms with van der Waals surface area (Å²) in [6.07, 6.45) is 27.2. The molecule has 4 heterocycles. The number of hydrogen-bond donors (Lipinski definition) is 4. The topological polar surface area (TPSA) is 256 Å². The van der Waals surface area contributed by atoms with E-state index in [1.165, 1.54) is 40.7 Å². The fourth-order valence-electron chi connectivity index (χ4n) is 11.4. The summed E-state index contributed by atoms with van der Waals surface area (Å²) in [6.45, 7) is 31.2. The first-order chi connectivity index (χ1) is 46.9. The molecule has 12 atom stereocenters. The molecule has 2 saturated heterocycles. The van der Waals surface area contributed by atoms with E-state index in [1.54, 1.807) is 21.0 Å². The van der Waals surface area contributed by atoms with E-state index in [4.69, 9.17) is 42.8 Å². The number of carbonyl (C=O) groups is 7. The van der Waals surface area contributed by atoms with Crippen molar-refractivity contribution in [1.29, 1.82) is 0 Å². The molecule has 0 radical (unpaired) electrons. The summed E-state index contributed by atoms with van der Waals surface area (Å²) in [6, 6.07) is 27.6. The largest absolute Gasteiger partial charge is 0.481 e. The molecule has 2 aromatic heterocycles. The number of aliphatic carboxylic acids is 2. The van der Waals surface area contributed by atoms with Gasteiger partial charge in [-0.05, 0) is 199 Å². The normalized spacial score (nSPS) is 16.3. The zero-order chi connectivity index (χ0) is 74.0. The van der Waals surface area contributed by atoms with Crippen molar-refractivity contribution in [1.82, 2.24) is 4.98 Å². The minimum absolute atomic E-state index is 0. The molecule has 616 valence electrons. The Balaban J connectivity index is -0.000000153. The number of unbranched alkanes of at least 4 members (excludes halogenated alkanes) is 3. The average Bonchev–Trinajstić information content (AvgIpc) is 1.64. The Morgan fingerprint density at radius 1 is 0.538 bits per heavy atom. The minimum atomic E-state index is -0.706. The third-order valence-electron chi connectivity index (χ3n) is 19.3. The molecule has 16 nitrogen and oxygen atoms in total. The number of aromatic nitrogens is 2. The Kier molecular flexibility index (Phi) is 79.9. The molecule has 0 spiro atoms. The van der Waals surface area contributed by atoms with Gasteiger partial charge in [-0.3, -0.25) is 38.5 Å². The maximum absolute atomic E-state index is 11.7. The standard InChI is InChI=1S/C22H30N2O2.C17H22O3.C12H20O4.C11H15Cl.C9H19NO.C5H13N.C5H10O2.8CH4/c1-3-19(17-18(2)20-8-12-23-13-9-20)21-10-15-24(16-11-21)14-6-4-5-7-22(25)26;1-3-12(13-8-6-5-7-9-13)10-11-15-14(4-2)16(18)20-17(15)19;1-4-8(15-3)6-7-10-9(5-2)11(13)16-12(10)14;1-3-9(2)11-6-4-10(8-12)5-7-11;1-3-9(8(2)11)6-4-5-7-10;1-3-5(2)4-6;1-3-4(2)5(6)7;;;;;;;;/h8-13,15-16,18-19H,3-7,14,17H2,1-2H3;5-9,12,14-15H,3-4,10-11H2,1-2H3;8-10H,4-7H2,1-3H3;4-7,9H,3,8H2,1-2H3;9H,3-7,10H2,1-2H3;5H,3-4,6H2,1-2H3;4H,3H2,1-2H3,(H,6,7);8*1H4/p+1. The zero-order valence-electron chi connectivity index (χ0n) is 62.8. The molecule has 6 N–H and O–H groups in total. The molecule has 0 amide bonds. The van der Waals surface area contributed by atoms with E-state index in [9.17, 15) is 33.6 Å². The van der Waals surface area contributed by atoms with Gasteiger partial charge in [-0.25, -0.2) is 4.57 Å². The second kappa shape index (κ2) is 71.7. The second-order valence-corrected chi connectivity index (χ2v) is 26.6. The van der Waals surface area contributed by atoms with Crippen molar-refractivity contribution in [3.05, 3.63) is 131 Å². The predicted molar refractivity (Wildman–Crippen MR) is 450 cm³/mol. The highest BCUT2D eigenvalue weighted by atomic mass is 35.5. The molecule has 17 heteroatoms. The molecule has 12 unspecified atom stereocenters. The molecule has 2 aliphatic heterocycles. The van der Waals surface area contributed by atoms with Crippen LogP contribution >= 0.6 is 11.6 Å². The summed E-state index contributed by atoms with van der Waals surface area (Å²) in [4.78, 5) is 81.6. The predicted octanol–water partition coefficient (Wildman–Crippen LogP) is 23.2. The van der Waals surface area contributed by atoms with Gasteiger partial charge in [-0.2, -0.15) is 0 Å². The number of carboxylic acids is 2. The number of Topliss-reactive ketones (excluding diaryl/α,β-unsaturated/α-hetero) is 1. The Labute approximate surface area is 655 Å². The van der Waals surface area contributed by atoms with Gasteiger partial charge in [0.15, 0.2) is 12.4 Å². The van der Waals surface area contributed by atoms with Crippen molar-refractivity contribution < 1.29 is 62.6 Å². The maximum atomic E-state index is 11.7. The molecule has 4 aromatic rings. The molecule has 2 aliphatic rings. The summed E-state index contributed by atoms with van der Waals surface area (Å²) in [5.41, 5.74) is 17.3. The highest BCUT2D eigenvalue weighted by Crippen LogP contribution is 2.36. The van der Waals surface area contributed by atoms with Gasteiger partial charge in [-0.15, -0.1) is 11.6 Å². The zero-order valence-corrected chi connectivity index (χ0v) is 63.6. The fourth-order valence-corrected chi connectivity index (χ4v) is 11.6. The van der Waals surface area contributed by atoms with Gasteiger partial charge in [0.1, 0.15) is 12.3 Å². The minimum Gasteiger partial charge on any atom is -0.481 e. The van der Waals surface area contributed by atoms with Gasteiger partial charge < -0.3 is 35.9 Å². The SMILES string of the molecule is C.C.C.C.C.C.C.C.CCC(C)C(=O)O.CCC(C)CN.CCC(C)c1ccc(CCl)cc1.CCC(CC(C)c1ccncc1)c1cc[n+](CCCCCC(=O)O)cc1.CCC(CCC1C(=O)OC(=O)C1CC)OC.CCC(CCC1C(=O)OC(=O)C1CC)c1ccccc1.CCC(CCCCN)C(C)=O. The molecule has 106 heavy (non-hydrogen) atoms. The Hall–Kier alpha value is -6.20. The van der Waals surface area contributed by atoms with Crippen molar-refractivity contribution in [2.45, 2.75) is 333 Å². The van der Waals surface area contributed by atoms with E-state index < -0.39 is 11.9 Å². The number of esters is 4. The number of halogens is 1. The quantitative estimate of drug-likeness (QED) is 0.0109. The highest BCUT2D eigenvalue weighted by molar-refractivity contribution is 6.17. The van der Waals surface area contributed by atoms with Gasteiger partial charge in [0.05, 0.1) is 35.7 Å². The van der Waals surface area contributed by atoms with Crippen LogP contribution in [0.2, 0.25) is 0 Å². The van der Waals surface area contributed by atoms with E-state index in [0.29, 0.717) is 60.5 Å². The Morgan fingerprint density at radius 3 is 1.41 bits per heavy atom. The van der Waals surface area contributed by atoms with Crippen LogP contribution in [-0.2, 0) is 60.2 Å². The number of ketones is 1. The maximum Gasteiger partial charge on any atom is 0.317 e. The number of carbonyl (C=O) groups excluding carboxylic acids is 5. The molecule has 2 fully saturated rings. The number of benzene rings is 2. The lowest BCUT2D eigenvalue weighted by atomic mass is 9.83. The second-order valence-electron chi connectivity index (χ2n) is 26.3. The van der Waals surface area contributed by atoms with Crippen LogP contribution in [0.1, 0.15) is 343 Å². The van der Waals surface area contributed by atoms with Gasteiger partial charge in [0, 0.05) is 56.3 Å². The van der Waals surface area contributed by atoms with Gasteiger partial charge >= 0.3 is 35.8 Å². The van der Waals surface area contributed by atoms with Crippen molar-refractivity contribution >= 4 is 53.2 Å². The molecule has 2 aromatic carbocycles. The first kappa shape index (κ1) is 118. The van der Waals surface area contributed by atoms with Crippen molar-refractivity contribution in [2.75, 3.05) is 20.2 Å². The first-order valence-corrected chi connectivity index (χ1v) is 37.4. The van der Waals surface area contributed by atoms with E-state index >= 15 is 0 Å². The number of rotatable bonds is 36. The number of ether oxygens (including phenoxy) is 3. The van der Waals surface area contributed by atoms with Crippen LogP contribution in [0.4, 0.5) is 0 Å². The molecule has 0 saturated carbocycles. The molecular formula is C89H162ClN4O12+. The number of nitrogens with zero attached hydrogens (tertiary/aromatic N) is 2. The number of cyclic esters (lactones) is 4. The fraction of sp³-hybridized carbons (Fsp3) is 0.674. The van der Waals surface area contributed by atoms with Crippen LogP contribution in [0.25, 0.3) is 0 Å². The summed E-state index contributed by atoms with van der Waals surface area (Å²) in [5, 5.41) is 16.8. The van der Waals surface area contributed by atoms with E-state index in [0.717, 1.165) is 116 Å². The smallest absolute Gasteiger partial charge is 0.317 e. The number of pyridine rings is 2. The summed E-state index contributed by atoms with van der Waals surface area (Å²) < 4.78 is 16.9. The number of aryl methyl sites for hydroxylation is 1. The van der Waals surface area contributed by atoms with E-state index in [2.05, 4.69) is 143 Å². The van der Waals surface area contributed by atoms with E-state index in [-0.39, 0.29) is 131 Å². The Bertz CT molecular complexity index is 2750. The Morgan fingerprint density at radius 2 is 1.03 bits per heavy atom. The monoisotopic (exact) mass is 1510 g/mol. The van der Waals surface area contributed by atoms with Crippen LogP contribution < -0.4 is 16.0 Å². The lowest BCUT2D eigenvalue weighted by Crippen LogP contribution is -2.32. The summed E-state index contributed by atoms with van der Waals surface area (Å²) in [5.74, 6) is 0.142. The lowest BCUT2D eigenvalue weighted by Gasteiger charge is -2.20. The van der Waals surface area contributed by atoms with Gasteiger partial charge in [-0.1, -0.05) is 217 Å². The summed E-state index contributed by atoms with van der Waals surface area (Å²) >= 11 is 5.69. The van der Waals surface area contributed by atoms with Crippen molar-refractivity contribution in [3.8, 4) is 0 Å². The van der Waals surface area contributed by atoms with Crippen LogP contribution in [0, 0.1) is 41.4 Å². The average molecular weight is 1520 g/mol. The van der Waals surface area contributed by atoms with Crippen molar-refractivity contribution in [2.24, 2.45) is 52.9 Å². The van der Waals surface area contributed by atoms with Crippen LogP contribution in [-0.4, -0.2) is 83.1 Å². The van der Waals surface area contributed by atoms with Crippen LogP contribution in [0.15, 0.2) is 104 Å². The lowest BCUT2D eigenvalue weighted by molar-refractivity contribution is -0.697. The molecule has 6 rings (SSSR count). The number of nitrogens with two attached hydrogens (primary N) is 2. The highest BCUT2D eigenvalue weighted by Gasteiger charge is 2.44. The molecule has 0 bridgehead atoms. The third-order valence-corrected chi connectivity index (χ3v) is 19.6. The van der Waals surface area contributed by atoms with Gasteiger partial charge in [0.2, 0.25) is 0 Å². The number of alkyl halides is 1. The number of methoxy groups -OCH3 is 1. The first-order valence-electron chi connectivity index (χ1n) is 36.9.